The van der Waals surface area contributed by atoms with Crippen LogP contribution in [0.2, 0.25) is 0 Å². The van der Waals surface area contributed by atoms with Gasteiger partial charge in [0.1, 0.15) is 11.9 Å². The molecule has 8 heteroatoms. The topological polar surface area (TPSA) is 89.8 Å². The Balaban J connectivity index is 1.30. The van der Waals surface area contributed by atoms with Crippen molar-refractivity contribution in [1.82, 2.24) is 14.8 Å². The first-order valence-electron chi connectivity index (χ1n) is 14.2. The van der Waals surface area contributed by atoms with Crippen molar-refractivity contribution in [3.05, 3.63) is 41.1 Å². The number of anilines is 1. The minimum atomic E-state index is -0.0614. The van der Waals surface area contributed by atoms with Gasteiger partial charge >= 0.3 is 0 Å². The van der Waals surface area contributed by atoms with Crippen molar-refractivity contribution in [3.63, 3.8) is 0 Å². The van der Waals surface area contributed by atoms with Gasteiger partial charge in [-0.3, -0.25) is 9.59 Å². The van der Waals surface area contributed by atoms with Gasteiger partial charge in [-0.25, -0.2) is 4.98 Å². The van der Waals surface area contributed by atoms with Gasteiger partial charge in [0.25, 0.3) is 0 Å². The number of nitrogens with zero attached hydrogens (tertiary/aromatic N) is 5. The lowest BCUT2D eigenvalue weighted by atomic mass is 9.90. The van der Waals surface area contributed by atoms with Crippen LogP contribution in [0.4, 0.5) is 5.82 Å². The fraction of sp³-hybridized carbons (Fsp3) is 0.600. The predicted octanol–water partition coefficient (Wildman–Crippen LogP) is 3.55. The maximum absolute atomic E-state index is 13.2. The van der Waals surface area contributed by atoms with Crippen LogP contribution in [0, 0.1) is 24.2 Å². The van der Waals surface area contributed by atoms with Gasteiger partial charge < -0.3 is 19.4 Å². The van der Waals surface area contributed by atoms with Gasteiger partial charge in [0.15, 0.2) is 0 Å². The van der Waals surface area contributed by atoms with Gasteiger partial charge in [-0.05, 0) is 68.6 Å². The molecule has 0 aromatic carbocycles. The van der Waals surface area contributed by atoms with Crippen LogP contribution in [0.15, 0.2) is 18.7 Å². The highest BCUT2D eigenvalue weighted by Gasteiger charge is 2.43. The summed E-state index contributed by atoms with van der Waals surface area (Å²) in [7, 11) is 0. The first-order chi connectivity index (χ1) is 18.5. The first kappa shape index (κ1) is 25.1. The molecule has 5 aliphatic rings. The Hall–Kier alpha value is -3.18. The highest BCUT2D eigenvalue weighted by Crippen LogP contribution is 2.46. The fourth-order valence-electron chi connectivity index (χ4n) is 6.33. The van der Waals surface area contributed by atoms with Crippen molar-refractivity contribution in [3.8, 4) is 6.07 Å². The molecule has 0 spiro atoms. The molecule has 2 atom stereocenters. The zero-order chi connectivity index (χ0) is 26.4. The van der Waals surface area contributed by atoms with E-state index in [1.54, 1.807) is 0 Å². The lowest BCUT2D eigenvalue weighted by Gasteiger charge is -2.43. The molecule has 4 fully saturated rings. The number of nitriles is 1. The largest absolute Gasteiger partial charge is 0.377 e. The van der Waals surface area contributed by atoms with E-state index in [-0.39, 0.29) is 24.0 Å². The highest BCUT2D eigenvalue weighted by molar-refractivity contribution is 5.89. The molecule has 0 bridgehead atoms. The van der Waals surface area contributed by atoms with E-state index in [2.05, 4.69) is 28.5 Å². The molecular weight excluding hydrogens is 478 g/mol. The number of pyridine rings is 1. The van der Waals surface area contributed by atoms with Crippen LogP contribution in [0.5, 0.6) is 0 Å². The minimum absolute atomic E-state index is 0.0614. The van der Waals surface area contributed by atoms with E-state index in [0.717, 1.165) is 79.9 Å². The molecule has 6 rings (SSSR count). The smallest absolute Gasteiger partial charge is 0.246 e. The number of amides is 2. The molecule has 0 radical (unpaired) electrons. The summed E-state index contributed by atoms with van der Waals surface area (Å²) in [6.45, 7) is 9.71. The third-order valence-electron chi connectivity index (χ3n) is 8.89. The lowest BCUT2D eigenvalue weighted by molar-refractivity contribution is -0.142. The summed E-state index contributed by atoms with van der Waals surface area (Å²) < 4.78 is 5.53. The van der Waals surface area contributed by atoms with Crippen LogP contribution < -0.4 is 4.90 Å². The molecule has 1 aromatic heterocycles. The standard InChI is InChI=1S/C30H37N5O3/c1-3-26(36)33-11-4-5-22(17-33)28-19(2)24(16-31)30(32-29(28)21-8-9-21)34-12-13-35(25(18-34)20-6-7-20)27(37)15-23-10-14-38-23/h3,5,20-21,23,25H,1,4,6-15,17-18H2,2H3/t23-,25+/m1/s1. The molecular formula is C30H37N5O3. The second kappa shape index (κ2) is 10.2. The van der Waals surface area contributed by atoms with E-state index in [1.165, 1.54) is 6.08 Å². The summed E-state index contributed by atoms with van der Waals surface area (Å²) in [5.74, 6) is 1.83. The number of hydrogen-bond donors (Lipinski definition) is 0. The summed E-state index contributed by atoms with van der Waals surface area (Å²) in [5, 5.41) is 10.3. The Morgan fingerprint density at radius 2 is 2.00 bits per heavy atom. The Labute approximate surface area is 224 Å². The average molecular weight is 516 g/mol. The zero-order valence-corrected chi connectivity index (χ0v) is 22.3. The fourth-order valence-corrected chi connectivity index (χ4v) is 6.33. The van der Waals surface area contributed by atoms with Crippen LogP contribution in [0.3, 0.4) is 0 Å². The molecule has 1 aromatic rings. The number of carbonyl (C=O) groups excluding carboxylic acids is 2. The quantitative estimate of drug-likeness (QED) is 0.516. The second-order valence-corrected chi connectivity index (χ2v) is 11.5. The monoisotopic (exact) mass is 515 g/mol. The highest BCUT2D eigenvalue weighted by atomic mass is 16.5. The molecule has 8 nitrogen and oxygen atoms in total. The number of carbonyl (C=O) groups is 2. The Kier molecular flexibility index (Phi) is 6.73. The van der Waals surface area contributed by atoms with Crippen molar-refractivity contribution in [2.24, 2.45) is 5.92 Å². The van der Waals surface area contributed by atoms with Crippen molar-refractivity contribution >= 4 is 23.2 Å². The van der Waals surface area contributed by atoms with Crippen molar-refractivity contribution in [2.45, 2.75) is 69.9 Å². The SMILES string of the molecule is C=CC(=O)N1CCC=C(c2c(C3CC3)nc(N3CCN(C(=O)C[C@H]4CCO4)[C@H](C4CC4)C3)c(C#N)c2C)C1. The molecule has 38 heavy (non-hydrogen) atoms. The van der Waals surface area contributed by atoms with Crippen molar-refractivity contribution in [1.29, 1.82) is 5.26 Å². The van der Waals surface area contributed by atoms with Gasteiger partial charge in [0.05, 0.1) is 29.8 Å². The van der Waals surface area contributed by atoms with E-state index in [4.69, 9.17) is 9.72 Å². The minimum Gasteiger partial charge on any atom is -0.377 e. The zero-order valence-electron chi connectivity index (χ0n) is 22.3. The lowest BCUT2D eigenvalue weighted by Crippen LogP contribution is -2.57. The Bertz CT molecular complexity index is 1220. The first-order valence-corrected chi connectivity index (χ1v) is 14.2. The average Bonchev–Trinajstić information content (AvgIpc) is 3.82. The molecule has 4 heterocycles. The van der Waals surface area contributed by atoms with Crippen LogP contribution in [-0.2, 0) is 14.3 Å². The predicted molar refractivity (Wildman–Crippen MR) is 144 cm³/mol. The van der Waals surface area contributed by atoms with Gasteiger partial charge in [0, 0.05) is 50.8 Å². The summed E-state index contributed by atoms with van der Waals surface area (Å²) in [6.07, 6.45) is 10.4. The molecule has 2 saturated heterocycles. The molecule has 200 valence electrons. The van der Waals surface area contributed by atoms with E-state index in [1.807, 2.05) is 11.8 Å². The van der Waals surface area contributed by atoms with E-state index >= 15 is 0 Å². The Morgan fingerprint density at radius 3 is 2.63 bits per heavy atom. The number of hydrogen-bond acceptors (Lipinski definition) is 6. The molecule has 0 unspecified atom stereocenters. The van der Waals surface area contributed by atoms with Crippen molar-refractivity contribution in [2.75, 3.05) is 44.2 Å². The van der Waals surface area contributed by atoms with Gasteiger partial charge in [-0.2, -0.15) is 5.26 Å². The van der Waals surface area contributed by atoms with E-state index in [0.29, 0.717) is 50.0 Å². The number of aromatic nitrogens is 1. The summed E-state index contributed by atoms with van der Waals surface area (Å²) in [4.78, 5) is 36.9. The van der Waals surface area contributed by atoms with Crippen LogP contribution >= 0.6 is 0 Å². The number of rotatable bonds is 7. The third-order valence-corrected chi connectivity index (χ3v) is 8.89. The van der Waals surface area contributed by atoms with Crippen LogP contribution in [0.25, 0.3) is 5.57 Å². The summed E-state index contributed by atoms with van der Waals surface area (Å²) in [6, 6.07) is 2.64. The van der Waals surface area contributed by atoms with Crippen molar-refractivity contribution < 1.29 is 14.3 Å². The molecule has 2 saturated carbocycles. The van der Waals surface area contributed by atoms with Crippen LogP contribution in [0.1, 0.15) is 73.2 Å². The van der Waals surface area contributed by atoms with Gasteiger partial charge in [-0.1, -0.05) is 12.7 Å². The number of ether oxygens (including phenoxy) is 1. The maximum Gasteiger partial charge on any atom is 0.246 e. The Morgan fingerprint density at radius 1 is 1.21 bits per heavy atom. The second-order valence-electron chi connectivity index (χ2n) is 11.5. The maximum atomic E-state index is 13.2. The molecule has 2 amide bonds. The summed E-state index contributed by atoms with van der Waals surface area (Å²) in [5.41, 5.74) is 4.80. The number of piperazine rings is 1. The third kappa shape index (κ3) is 4.73. The van der Waals surface area contributed by atoms with E-state index < -0.39 is 0 Å². The molecule has 3 aliphatic heterocycles. The molecule has 2 aliphatic carbocycles. The van der Waals surface area contributed by atoms with Gasteiger partial charge in [0.2, 0.25) is 11.8 Å². The summed E-state index contributed by atoms with van der Waals surface area (Å²) >= 11 is 0. The molecule has 0 N–H and O–H groups in total. The van der Waals surface area contributed by atoms with E-state index in [9.17, 15) is 14.9 Å². The van der Waals surface area contributed by atoms with Crippen LogP contribution in [-0.4, -0.2) is 78.1 Å². The normalized spacial score (nSPS) is 25.4. The van der Waals surface area contributed by atoms with Gasteiger partial charge in [-0.15, -0.1) is 0 Å².